The summed E-state index contributed by atoms with van der Waals surface area (Å²) in [7, 11) is 0. The second kappa shape index (κ2) is 10.2. The average Bonchev–Trinajstić information content (AvgIpc) is 2.81. The number of aryl methyl sites for hydroxylation is 2. The minimum absolute atomic E-state index is 0. The molecule has 1 aliphatic rings. The Morgan fingerprint density at radius 2 is 2.25 bits per heavy atom. The van der Waals surface area contributed by atoms with Crippen LogP contribution >= 0.6 is 35.3 Å². The first-order valence-electron chi connectivity index (χ1n) is 8.24. The van der Waals surface area contributed by atoms with Gasteiger partial charge in [-0.15, -0.1) is 35.3 Å². The van der Waals surface area contributed by atoms with Gasteiger partial charge in [0.1, 0.15) is 0 Å². The highest BCUT2D eigenvalue weighted by Crippen LogP contribution is 2.21. The number of piperidine rings is 1. The summed E-state index contributed by atoms with van der Waals surface area (Å²) in [5, 5.41) is 4.45. The van der Waals surface area contributed by atoms with Crippen molar-refractivity contribution in [1.82, 2.24) is 15.2 Å². The van der Waals surface area contributed by atoms with Crippen molar-refractivity contribution in [2.24, 2.45) is 16.6 Å². The molecule has 1 fully saturated rings. The molecular weight excluding hydrogens is 437 g/mol. The Bertz CT molecular complexity index is 575. The second-order valence-corrected chi connectivity index (χ2v) is 7.32. The highest BCUT2D eigenvalue weighted by atomic mass is 127. The predicted molar refractivity (Wildman–Crippen MR) is 110 cm³/mol. The number of carbonyl (C=O) groups is 1. The number of amides is 1. The lowest BCUT2D eigenvalue weighted by molar-refractivity contribution is -0.119. The predicted octanol–water partition coefficient (Wildman–Crippen LogP) is 2.43. The Labute approximate surface area is 165 Å². The van der Waals surface area contributed by atoms with Crippen LogP contribution in [0.1, 0.15) is 41.8 Å². The first-order chi connectivity index (χ1) is 11.0. The van der Waals surface area contributed by atoms with Gasteiger partial charge in [-0.2, -0.15) is 0 Å². The minimum atomic E-state index is -0.213. The zero-order valence-corrected chi connectivity index (χ0v) is 17.8. The molecule has 2 heterocycles. The van der Waals surface area contributed by atoms with Crippen LogP contribution in [0.5, 0.6) is 0 Å². The summed E-state index contributed by atoms with van der Waals surface area (Å²) in [6, 6.07) is 0. The molecule has 1 unspecified atom stereocenters. The molecule has 1 aromatic heterocycles. The lowest BCUT2D eigenvalue weighted by Crippen LogP contribution is -2.47. The van der Waals surface area contributed by atoms with E-state index in [-0.39, 0.29) is 29.9 Å². The smallest absolute Gasteiger partial charge is 0.217 e. The molecule has 0 saturated carbocycles. The quantitative estimate of drug-likeness (QED) is 0.398. The molecular formula is C16H28IN5OS. The molecule has 1 aliphatic heterocycles. The fourth-order valence-corrected chi connectivity index (χ4v) is 3.86. The van der Waals surface area contributed by atoms with Gasteiger partial charge >= 0.3 is 0 Å². The summed E-state index contributed by atoms with van der Waals surface area (Å²) in [6.07, 6.45) is 2.59. The number of thiazole rings is 1. The van der Waals surface area contributed by atoms with E-state index in [1.165, 1.54) is 4.88 Å². The summed E-state index contributed by atoms with van der Waals surface area (Å²) < 4.78 is 0. The van der Waals surface area contributed by atoms with Crippen LogP contribution in [0.15, 0.2) is 4.99 Å². The lowest BCUT2D eigenvalue weighted by atomic mass is 9.95. The molecule has 1 aromatic rings. The van der Waals surface area contributed by atoms with E-state index in [4.69, 9.17) is 10.7 Å². The van der Waals surface area contributed by atoms with Gasteiger partial charge in [-0.05, 0) is 39.5 Å². The number of nitrogens with two attached hydrogens (primary N) is 1. The van der Waals surface area contributed by atoms with Crippen molar-refractivity contribution >= 4 is 47.2 Å². The topological polar surface area (TPSA) is 83.6 Å². The summed E-state index contributed by atoms with van der Waals surface area (Å²) in [6.45, 7) is 9.42. The first-order valence-corrected chi connectivity index (χ1v) is 9.05. The zero-order valence-electron chi connectivity index (χ0n) is 14.7. The van der Waals surface area contributed by atoms with Gasteiger partial charge in [-0.25, -0.2) is 9.98 Å². The Hall–Kier alpha value is -0.900. The van der Waals surface area contributed by atoms with E-state index in [2.05, 4.69) is 22.1 Å². The molecule has 24 heavy (non-hydrogen) atoms. The van der Waals surface area contributed by atoms with E-state index in [9.17, 15) is 4.79 Å². The standard InChI is InChI=1S/C16H27N5OS.HI/c1-4-18-16(19-9-14-11(2)20-12(3)23-14)21-7-5-6-13(10-21)8-15(17)22;/h13H,4-10H2,1-3H3,(H2,17,22)(H,18,19);1H. The van der Waals surface area contributed by atoms with E-state index in [1.807, 2.05) is 13.8 Å². The number of primary amides is 1. The molecule has 8 heteroatoms. The number of nitrogens with one attached hydrogen (secondary N) is 1. The number of guanidine groups is 1. The number of likely N-dealkylation sites (tertiary alicyclic amines) is 1. The van der Waals surface area contributed by atoms with Crippen LogP contribution in [0.4, 0.5) is 0 Å². The van der Waals surface area contributed by atoms with E-state index in [1.54, 1.807) is 11.3 Å². The van der Waals surface area contributed by atoms with Crippen LogP contribution in [-0.2, 0) is 11.3 Å². The van der Waals surface area contributed by atoms with Gasteiger partial charge < -0.3 is 16.0 Å². The molecule has 3 N–H and O–H groups in total. The third kappa shape index (κ3) is 6.19. The van der Waals surface area contributed by atoms with Gasteiger partial charge in [0.25, 0.3) is 0 Å². The third-order valence-corrected chi connectivity index (χ3v) is 5.07. The molecule has 0 radical (unpaired) electrons. The highest BCUT2D eigenvalue weighted by molar-refractivity contribution is 14.0. The monoisotopic (exact) mass is 465 g/mol. The van der Waals surface area contributed by atoms with Crippen molar-refractivity contribution in [2.75, 3.05) is 19.6 Å². The van der Waals surface area contributed by atoms with Gasteiger partial charge in [0.2, 0.25) is 5.91 Å². The van der Waals surface area contributed by atoms with Gasteiger partial charge in [0.15, 0.2) is 5.96 Å². The van der Waals surface area contributed by atoms with Crippen molar-refractivity contribution in [3.8, 4) is 0 Å². The molecule has 1 amide bonds. The van der Waals surface area contributed by atoms with Crippen molar-refractivity contribution in [2.45, 2.75) is 46.6 Å². The van der Waals surface area contributed by atoms with Crippen LogP contribution in [0, 0.1) is 19.8 Å². The molecule has 1 saturated heterocycles. The van der Waals surface area contributed by atoms with Gasteiger partial charge in [-0.3, -0.25) is 4.79 Å². The van der Waals surface area contributed by atoms with Gasteiger partial charge in [-0.1, -0.05) is 0 Å². The molecule has 0 spiro atoms. The summed E-state index contributed by atoms with van der Waals surface area (Å²) in [5.41, 5.74) is 6.42. The third-order valence-electron chi connectivity index (χ3n) is 4.02. The van der Waals surface area contributed by atoms with Crippen molar-refractivity contribution in [3.05, 3.63) is 15.6 Å². The largest absolute Gasteiger partial charge is 0.370 e. The molecule has 0 aliphatic carbocycles. The normalized spacial score (nSPS) is 18.2. The van der Waals surface area contributed by atoms with Crippen molar-refractivity contribution in [1.29, 1.82) is 0 Å². The zero-order chi connectivity index (χ0) is 16.8. The van der Waals surface area contributed by atoms with Crippen LogP contribution in [0.3, 0.4) is 0 Å². The van der Waals surface area contributed by atoms with E-state index >= 15 is 0 Å². The first kappa shape index (κ1) is 21.1. The Kier molecular flexibility index (Phi) is 8.96. The molecule has 0 bridgehead atoms. The van der Waals surface area contributed by atoms with E-state index < -0.39 is 0 Å². The van der Waals surface area contributed by atoms with Crippen LogP contribution in [-0.4, -0.2) is 41.4 Å². The molecule has 6 nitrogen and oxygen atoms in total. The van der Waals surface area contributed by atoms with Gasteiger partial charge in [0.05, 0.1) is 17.2 Å². The number of rotatable bonds is 5. The number of hydrogen-bond acceptors (Lipinski definition) is 4. The maximum Gasteiger partial charge on any atom is 0.217 e. The van der Waals surface area contributed by atoms with Crippen LogP contribution in [0.2, 0.25) is 0 Å². The number of carbonyl (C=O) groups excluding carboxylic acids is 1. The van der Waals surface area contributed by atoms with Gasteiger partial charge in [0, 0.05) is 30.9 Å². The summed E-state index contributed by atoms with van der Waals surface area (Å²) >= 11 is 1.70. The number of nitrogens with zero attached hydrogens (tertiary/aromatic N) is 3. The fraction of sp³-hybridized carbons (Fsp3) is 0.688. The SMILES string of the molecule is CCNC(=NCc1sc(C)nc1C)N1CCCC(CC(N)=O)C1.I. The summed E-state index contributed by atoms with van der Waals surface area (Å²) in [5.74, 6) is 1.04. The highest BCUT2D eigenvalue weighted by Gasteiger charge is 2.23. The van der Waals surface area contributed by atoms with Crippen LogP contribution < -0.4 is 11.1 Å². The van der Waals surface area contributed by atoms with Crippen molar-refractivity contribution in [3.63, 3.8) is 0 Å². The fourth-order valence-electron chi connectivity index (χ4n) is 3.00. The van der Waals surface area contributed by atoms with E-state index in [0.717, 1.165) is 49.1 Å². The van der Waals surface area contributed by atoms with Crippen LogP contribution in [0.25, 0.3) is 0 Å². The number of aliphatic imine (C=N–C) groups is 1. The summed E-state index contributed by atoms with van der Waals surface area (Å²) in [4.78, 5) is 23.9. The maximum absolute atomic E-state index is 11.2. The van der Waals surface area contributed by atoms with Crippen molar-refractivity contribution < 1.29 is 4.79 Å². The Morgan fingerprint density at radius 3 is 2.83 bits per heavy atom. The maximum atomic E-state index is 11.2. The number of aromatic nitrogens is 1. The second-order valence-electron chi connectivity index (χ2n) is 6.04. The molecule has 136 valence electrons. The Morgan fingerprint density at radius 1 is 1.50 bits per heavy atom. The number of hydrogen-bond donors (Lipinski definition) is 2. The lowest BCUT2D eigenvalue weighted by Gasteiger charge is -2.34. The van der Waals surface area contributed by atoms with E-state index in [0.29, 0.717) is 18.9 Å². The molecule has 1 atom stereocenters. The minimum Gasteiger partial charge on any atom is -0.370 e. The average molecular weight is 465 g/mol. The molecule has 0 aromatic carbocycles. The molecule has 2 rings (SSSR count). The number of halogens is 1. The Balaban J connectivity index is 0.00000288.